The van der Waals surface area contributed by atoms with E-state index in [0.717, 1.165) is 6.54 Å². The van der Waals surface area contributed by atoms with Crippen LogP contribution in [0.2, 0.25) is 18.6 Å². The lowest BCUT2D eigenvalue weighted by Gasteiger charge is -2.41. The standard InChI is InChI=1S/C34H37NSSi/c1-21-20-27-25(15-10-17-29(27)35-19-11-13-24-12-6-8-16-28(24)35)33(21)37(4,5)34-23(3)22(2)32-31(34)26-14-7-9-18-30(26)36-32/h6-10,12,14-18,20,31-34H,11,13,19H2,1-5H3. The fourth-order valence-corrected chi connectivity index (χ4v) is 15.5. The summed E-state index contributed by atoms with van der Waals surface area (Å²) in [7, 11) is -1.81. The quantitative estimate of drug-likeness (QED) is 0.250. The first-order valence-electron chi connectivity index (χ1n) is 14.0. The third-order valence-corrected chi connectivity index (χ3v) is 16.1. The Kier molecular flexibility index (Phi) is 5.43. The molecule has 3 aromatic carbocycles. The van der Waals surface area contributed by atoms with Crippen molar-refractivity contribution in [2.45, 2.75) is 73.9 Å². The van der Waals surface area contributed by atoms with Gasteiger partial charge in [-0.2, -0.15) is 0 Å². The van der Waals surface area contributed by atoms with E-state index in [1.807, 2.05) is 0 Å². The van der Waals surface area contributed by atoms with E-state index in [4.69, 9.17) is 0 Å². The van der Waals surface area contributed by atoms with Crippen LogP contribution in [0.1, 0.15) is 60.9 Å². The van der Waals surface area contributed by atoms with Gasteiger partial charge in [-0.15, -0.1) is 11.8 Å². The van der Waals surface area contributed by atoms with Gasteiger partial charge in [0, 0.05) is 45.1 Å². The Bertz CT molecular complexity index is 1480. The van der Waals surface area contributed by atoms with Crippen LogP contribution in [0.5, 0.6) is 0 Å². The van der Waals surface area contributed by atoms with Gasteiger partial charge in [-0.25, -0.2) is 0 Å². The van der Waals surface area contributed by atoms with Crippen LogP contribution < -0.4 is 4.90 Å². The van der Waals surface area contributed by atoms with Crippen molar-refractivity contribution in [3.8, 4) is 0 Å². The van der Waals surface area contributed by atoms with Crippen molar-refractivity contribution < 1.29 is 0 Å². The van der Waals surface area contributed by atoms with E-state index < -0.39 is 8.07 Å². The Morgan fingerprint density at radius 3 is 2.41 bits per heavy atom. The number of anilines is 2. The minimum absolute atomic E-state index is 0.562. The first kappa shape index (κ1) is 23.6. The molecule has 0 fully saturated rings. The summed E-state index contributed by atoms with van der Waals surface area (Å²) in [5.74, 6) is 0.636. The van der Waals surface area contributed by atoms with Gasteiger partial charge in [-0.1, -0.05) is 84.4 Å². The molecule has 0 radical (unpaired) electrons. The maximum absolute atomic E-state index is 2.70. The third-order valence-electron chi connectivity index (χ3n) is 9.93. The SMILES string of the molecule is CC1=Cc2c(cccc2N2CCCc3ccccc32)C1[Si](C)(C)C1C(C)=C(C)C2Sc3ccccc3C21. The Balaban J connectivity index is 1.32. The molecule has 0 spiro atoms. The number of fused-ring (bicyclic) bond motifs is 5. The Hall–Kier alpha value is -2.49. The molecule has 3 heteroatoms. The molecule has 0 N–H and O–H groups in total. The van der Waals surface area contributed by atoms with Gasteiger partial charge in [-0.3, -0.25) is 0 Å². The molecule has 37 heavy (non-hydrogen) atoms. The van der Waals surface area contributed by atoms with E-state index in [2.05, 4.69) is 123 Å². The van der Waals surface area contributed by atoms with Gasteiger partial charge in [0.05, 0.1) is 8.07 Å². The molecule has 2 aliphatic carbocycles. The lowest BCUT2D eigenvalue weighted by Crippen LogP contribution is -2.42. The topological polar surface area (TPSA) is 3.24 Å². The summed E-state index contributed by atoms with van der Waals surface area (Å²) in [6, 6.07) is 25.4. The minimum atomic E-state index is -1.81. The van der Waals surface area contributed by atoms with Crippen LogP contribution >= 0.6 is 11.8 Å². The summed E-state index contributed by atoms with van der Waals surface area (Å²) in [6.45, 7) is 13.8. The van der Waals surface area contributed by atoms with Gasteiger partial charge in [0.25, 0.3) is 0 Å². The molecule has 188 valence electrons. The van der Waals surface area contributed by atoms with E-state index in [-0.39, 0.29) is 0 Å². The van der Waals surface area contributed by atoms with E-state index in [9.17, 15) is 0 Å². The molecule has 0 saturated heterocycles. The largest absolute Gasteiger partial charge is 0.341 e. The van der Waals surface area contributed by atoms with Crippen LogP contribution in [-0.2, 0) is 6.42 Å². The highest BCUT2D eigenvalue weighted by molar-refractivity contribution is 8.00. The number of para-hydroxylation sites is 1. The van der Waals surface area contributed by atoms with E-state index in [1.165, 1.54) is 40.2 Å². The second kappa shape index (κ2) is 8.51. The lowest BCUT2D eigenvalue weighted by molar-refractivity contribution is 0.717. The maximum Gasteiger partial charge on any atom is 0.0679 e. The van der Waals surface area contributed by atoms with Crippen LogP contribution in [-0.4, -0.2) is 19.9 Å². The lowest BCUT2D eigenvalue weighted by atomic mass is 9.95. The Morgan fingerprint density at radius 1 is 0.811 bits per heavy atom. The zero-order chi connectivity index (χ0) is 25.5. The molecule has 4 unspecified atom stereocenters. The molecule has 3 aromatic rings. The third kappa shape index (κ3) is 3.36. The van der Waals surface area contributed by atoms with Gasteiger partial charge < -0.3 is 4.90 Å². The van der Waals surface area contributed by atoms with Crippen LogP contribution in [0.3, 0.4) is 0 Å². The van der Waals surface area contributed by atoms with Crippen LogP contribution in [0.4, 0.5) is 11.4 Å². The predicted molar refractivity (Wildman–Crippen MR) is 163 cm³/mol. The first-order chi connectivity index (χ1) is 17.9. The van der Waals surface area contributed by atoms with E-state index in [1.54, 1.807) is 27.8 Å². The highest BCUT2D eigenvalue weighted by atomic mass is 32.2. The summed E-state index contributed by atoms with van der Waals surface area (Å²) >= 11 is 2.13. The van der Waals surface area contributed by atoms with Gasteiger partial charge >= 0.3 is 0 Å². The molecule has 7 rings (SSSR count). The van der Waals surface area contributed by atoms with Crippen molar-refractivity contribution in [1.29, 1.82) is 0 Å². The molecular weight excluding hydrogens is 483 g/mol. The molecule has 4 aliphatic rings. The smallest absolute Gasteiger partial charge is 0.0679 e. The number of nitrogens with zero attached hydrogens (tertiary/aromatic N) is 1. The number of benzene rings is 3. The monoisotopic (exact) mass is 519 g/mol. The van der Waals surface area contributed by atoms with E-state index in [0.29, 0.717) is 22.3 Å². The van der Waals surface area contributed by atoms with Crippen molar-refractivity contribution >= 4 is 37.3 Å². The first-order valence-corrected chi connectivity index (χ1v) is 18.0. The summed E-state index contributed by atoms with van der Waals surface area (Å²) in [4.78, 5) is 4.12. The molecular formula is C34H37NSSi. The minimum Gasteiger partial charge on any atom is -0.341 e. The normalized spacial score (nSPS) is 26.1. The zero-order valence-corrected chi connectivity index (χ0v) is 24.5. The molecule has 0 saturated carbocycles. The van der Waals surface area contributed by atoms with Crippen LogP contribution in [0.15, 0.2) is 88.3 Å². The number of aryl methyl sites for hydroxylation is 1. The summed E-state index contributed by atoms with van der Waals surface area (Å²) in [5, 5.41) is 0.621. The second-order valence-corrected chi connectivity index (χ2v) is 18.3. The van der Waals surface area contributed by atoms with Gasteiger partial charge in [0.2, 0.25) is 0 Å². The average molecular weight is 520 g/mol. The highest BCUT2D eigenvalue weighted by Crippen LogP contribution is 2.65. The van der Waals surface area contributed by atoms with Gasteiger partial charge in [0.15, 0.2) is 0 Å². The molecule has 0 bridgehead atoms. The van der Waals surface area contributed by atoms with Crippen LogP contribution in [0.25, 0.3) is 6.08 Å². The second-order valence-electron chi connectivity index (χ2n) is 12.3. The van der Waals surface area contributed by atoms with Gasteiger partial charge in [-0.05, 0) is 74.0 Å². The van der Waals surface area contributed by atoms with Crippen molar-refractivity contribution in [3.63, 3.8) is 0 Å². The molecule has 2 heterocycles. The predicted octanol–water partition coefficient (Wildman–Crippen LogP) is 9.50. The Labute approximate surface area is 227 Å². The van der Waals surface area contributed by atoms with Crippen molar-refractivity contribution in [3.05, 3.63) is 106 Å². The molecule has 1 nitrogen and oxygen atoms in total. The Morgan fingerprint density at radius 2 is 1.54 bits per heavy atom. The molecule has 4 atom stereocenters. The zero-order valence-electron chi connectivity index (χ0n) is 22.7. The van der Waals surface area contributed by atoms with Crippen molar-refractivity contribution in [1.82, 2.24) is 0 Å². The highest BCUT2D eigenvalue weighted by Gasteiger charge is 2.55. The van der Waals surface area contributed by atoms with Crippen molar-refractivity contribution in [2.24, 2.45) is 0 Å². The van der Waals surface area contributed by atoms with Gasteiger partial charge in [0.1, 0.15) is 0 Å². The maximum atomic E-state index is 2.70. The number of thioether (sulfide) groups is 1. The fourth-order valence-electron chi connectivity index (χ4n) is 8.43. The molecule has 2 aliphatic heterocycles. The average Bonchev–Trinajstić information content (AvgIpc) is 3.52. The molecule has 0 aromatic heterocycles. The van der Waals surface area contributed by atoms with Crippen molar-refractivity contribution in [2.75, 3.05) is 11.4 Å². The summed E-state index contributed by atoms with van der Waals surface area (Å²) in [6.07, 6.45) is 4.96. The number of allylic oxidation sites excluding steroid dienone is 2. The molecule has 0 amide bonds. The van der Waals surface area contributed by atoms with E-state index >= 15 is 0 Å². The number of rotatable bonds is 3. The number of hydrogen-bond donors (Lipinski definition) is 0. The number of hydrogen-bond acceptors (Lipinski definition) is 2. The van der Waals surface area contributed by atoms with Crippen LogP contribution in [0, 0.1) is 0 Å². The fraction of sp³-hybridized carbons (Fsp3) is 0.353. The summed E-state index contributed by atoms with van der Waals surface area (Å²) < 4.78 is 0. The summed E-state index contributed by atoms with van der Waals surface area (Å²) in [5.41, 5.74) is 15.1.